The van der Waals surface area contributed by atoms with Crippen molar-refractivity contribution in [1.29, 1.82) is 0 Å². The van der Waals surface area contributed by atoms with E-state index in [1.165, 1.54) is 5.56 Å². The number of ether oxygens (including phenoxy) is 2. The van der Waals surface area contributed by atoms with E-state index in [0.717, 1.165) is 18.6 Å². The summed E-state index contributed by atoms with van der Waals surface area (Å²) in [5.74, 6) is 0.874. The molecular weight excluding hydrogens is 214 g/mol. The van der Waals surface area contributed by atoms with Crippen LogP contribution in [0.3, 0.4) is 0 Å². The van der Waals surface area contributed by atoms with E-state index in [9.17, 15) is 0 Å². The van der Waals surface area contributed by atoms with Gasteiger partial charge in [-0.3, -0.25) is 0 Å². The van der Waals surface area contributed by atoms with Crippen molar-refractivity contribution in [3.63, 3.8) is 0 Å². The maximum atomic E-state index is 6.17. The second kappa shape index (κ2) is 7.30. The molecule has 96 valence electrons. The Bertz CT molecular complexity index is 328. The van der Waals surface area contributed by atoms with Gasteiger partial charge in [0, 0.05) is 12.6 Å². The third-order valence-electron chi connectivity index (χ3n) is 2.87. The molecule has 1 rings (SSSR count). The van der Waals surface area contributed by atoms with E-state index in [1.54, 1.807) is 7.11 Å². The van der Waals surface area contributed by atoms with Gasteiger partial charge < -0.3 is 15.2 Å². The van der Waals surface area contributed by atoms with E-state index in [1.807, 2.05) is 25.1 Å². The summed E-state index contributed by atoms with van der Waals surface area (Å²) in [6.07, 6.45) is 1.89. The molecule has 0 spiro atoms. The van der Waals surface area contributed by atoms with Gasteiger partial charge in [0.25, 0.3) is 0 Å². The van der Waals surface area contributed by atoms with Crippen LogP contribution in [0.2, 0.25) is 0 Å². The number of benzene rings is 1. The van der Waals surface area contributed by atoms with Crippen molar-refractivity contribution >= 4 is 0 Å². The lowest BCUT2D eigenvalue weighted by Gasteiger charge is -2.22. The Labute approximate surface area is 104 Å². The fraction of sp³-hybridized carbons (Fsp3) is 0.571. The van der Waals surface area contributed by atoms with Crippen LogP contribution in [-0.4, -0.2) is 25.9 Å². The summed E-state index contributed by atoms with van der Waals surface area (Å²) in [7, 11) is 1.67. The summed E-state index contributed by atoms with van der Waals surface area (Å²) in [4.78, 5) is 0. The number of hydrogen-bond acceptors (Lipinski definition) is 3. The van der Waals surface area contributed by atoms with Gasteiger partial charge in [-0.1, -0.05) is 19.1 Å². The molecule has 2 N–H and O–H groups in total. The van der Waals surface area contributed by atoms with Crippen LogP contribution >= 0.6 is 0 Å². The largest absolute Gasteiger partial charge is 0.497 e. The molecule has 3 nitrogen and oxygen atoms in total. The highest BCUT2D eigenvalue weighted by Crippen LogP contribution is 2.15. The van der Waals surface area contributed by atoms with Gasteiger partial charge >= 0.3 is 0 Å². The minimum atomic E-state index is 0.0343. The molecule has 0 saturated heterocycles. The average molecular weight is 237 g/mol. The van der Waals surface area contributed by atoms with Crippen LogP contribution in [0.4, 0.5) is 0 Å². The van der Waals surface area contributed by atoms with Gasteiger partial charge in [0.05, 0.1) is 13.2 Å². The molecule has 0 aliphatic heterocycles. The molecule has 0 heterocycles. The smallest absolute Gasteiger partial charge is 0.119 e. The van der Waals surface area contributed by atoms with Crippen LogP contribution in [0.25, 0.3) is 0 Å². The van der Waals surface area contributed by atoms with Crippen LogP contribution < -0.4 is 10.5 Å². The number of methoxy groups -OCH3 is 1. The minimum absolute atomic E-state index is 0.0343. The van der Waals surface area contributed by atoms with Crippen molar-refractivity contribution in [3.8, 4) is 5.75 Å². The molecule has 0 aliphatic carbocycles. The predicted molar refractivity (Wildman–Crippen MR) is 70.4 cm³/mol. The van der Waals surface area contributed by atoms with Crippen molar-refractivity contribution in [2.75, 3.05) is 13.7 Å². The van der Waals surface area contributed by atoms with Gasteiger partial charge in [-0.05, 0) is 37.5 Å². The van der Waals surface area contributed by atoms with E-state index < -0.39 is 0 Å². The first-order valence-electron chi connectivity index (χ1n) is 6.21. The van der Waals surface area contributed by atoms with Gasteiger partial charge in [0.15, 0.2) is 0 Å². The summed E-state index contributed by atoms with van der Waals surface area (Å²) in [5, 5.41) is 0. The summed E-state index contributed by atoms with van der Waals surface area (Å²) >= 11 is 0. The second-order valence-electron chi connectivity index (χ2n) is 4.12. The summed E-state index contributed by atoms with van der Waals surface area (Å²) in [6, 6.07) is 8.06. The van der Waals surface area contributed by atoms with Gasteiger partial charge in [-0.15, -0.1) is 0 Å². The van der Waals surface area contributed by atoms with Gasteiger partial charge in [0.1, 0.15) is 5.75 Å². The highest BCUT2D eigenvalue weighted by atomic mass is 16.5. The van der Waals surface area contributed by atoms with E-state index in [4.69, 9.17) is 15.2 Å². The fourth-order valence-corrected chi connectivity index (χ4v) is 1.96. The highest BCUT2D eigenvalue weighted by molar-refractivity contribution is 5.29. The zero-order valence-corrected chi connectivity index (χ0v) is 11.0. The molecule has 1 aromatic carbocycles. The first kappa shape index (κ1) is 14.0. The fourth-order valence-electron chi connectivity index (χ4n) is 1.96. The summed E-state index contributed by atoms with van der Waals surface area (Å²) < 4.78 is 10.8. The summed E-state index contributed by atoms with van der Waals surface area (Å²) in [6.45, 7) is 4.82. The Morgan fingerprint density at radius 3 is 2.65 bits per heavy atom. The van der Waals surface area contributed by atoms with E-state index in [0.29, 0.717) is 6.61 Å². The molecule has 0 saturated carbocycles. The van der Waals surface area contributed by atoms with Gasteiger partial charge in [-0.25, -0.2) is 0 Å². The van der Waals surface area contributed by atoms with Crippen LogP contribution in [0.5, 0.6) is 5.75 Å². The van der Waals surface area contributed by atoms with E-state index in [2.05, 4.69) is 13.0 Å². The number of nitrogens with two attached hydrogens (primary N) is 1. The van der Waals surface area contributed by atoms with Gasteiger partial charge in [0.2, 0.25) is 0 Å². The van der Waals surface area contributed by atoms with Crippen molar-refractivity contribution in [2.24, 2.45) is 5.73 Å². The molecule has 3 heteroatoms. The molecular formula is C14H23NO2. The van der Waals surface area contributed by atoms with Crippen LogP contribution in [0.1, 0.15) is 25.8 Å². The first-order chi connectivity index (χ1) is 8.21. The Morgan fingerprint density at radius 2 is 2.06 bits per heavy atom. The van der Waals surface area contributed by atoms with Gasteiger partial charge in [-0.2, -0.15) is 0 Å². The Hall–Kier alpha value is -1.06. The monoisotopic (exact) mass is 237 g/mol. The standard InChI is InChI=1S/C14H23NO2/c1-4-14(17-5-2)13(15)10-11-7-6-8-12(9-11)16-3/h6-9,13-14H,4-5,10,15H2,1-3H3. The van der Waals surface area contributed by atoms with Crippen LogP contribution in [0, 0.1) is 0 Å². The average Bonchev–Trinajstić information content (AvgIpc) is 2.36. The lowest BCUT2D eigenvalue weighted by Crippen LogP contribution is -2.38. The Morgan fingerprint density at radius 1 is 1.29 bits per heavy atom. The molecule has 0 bridgehead atoms. The third-order valence-corrected chi connectivity index (χ3v) is 2.87. The van der Waals surface area contributed by atoms with Crippen molar-refractivity contribution in [3.05, 3.63) is 29.8 Å². The van der Waals surface area contributed by atoms with E-state index >= 15 is 0 Å². The maximum Gasteiger partial charge on any atom is 0.119 e. The first-order valence-corrected chi connectivity index (χ1v) is 6.21. The van der Waals surface area contributed by atoms with Crippen molar-refractivity contribution in [2.45, 2.75) is 38.8 Å². The predicted octanol–water partition coefficient (Wildman–Crippen LogP) is 2.38. The SMILES string of the molecule is CCOC(CC)C(N)Cc1cccc(OC)c1. The minimum Gasteiger partial charge on any atom is -0.497 e. The molecule has 2 atom stereocenters. The number of rotatable bonds is 7. The quantitative estimate of drug-likeness (QED) is 0.792. The van der Waals surface area contributed by atoms with Crippen molar-refractivity contribution in [1.82, 2.24) is 0 Å². The molecule has 0 radical (unpaired) electrons. The van der Waals surface area contributed by atoms with E-state index in [-0.39, 0.29) is 12.1 Å². The second-order valence-corrected chi connectivity index (χ2v) is 4.12. The molecule has 0 aliphatic rings. The normalized spacial score (nSPS) is 14.4. The summed E-state index contributed by atoms with van der Waals surface area (Å²) in [5.41, 5.74) is 7.36. The maximum absolute atomic E-state index is 6.17. The molecule has 0 fully saturated rings. The molecule has 2 unspecified atom stereocenters. The molecule has 0 amide bonds. The van der Waals surface area contributed by atoms with Crippen molar-refractivity contribution < 1.29 is 9.47 Å². The lowest BCUT2D eigenvalue weighted by atomic mass is 10.0. The zero-order chi connectivity index (χ0) is 12.7. The topological polar surface area (TPSA) is 44.5 Å². The Kier molecular flexibility index (Phi) is 6.01. The van der Waals surface area contributed by atoms with Crippen LogP contribution in [-0.2, 0) is 11.2 Å². The Balaban J connectivity index is 2.62. The number of hydrogen-bond donors (Lipinski definition) is 1. The lowest BCUT2D eigenvalue weighted by molar-refractivity contribution is 0.0417. The zero-order valence-electron chi connectivity index (χ0n) is 11.0. The molecule has 1 aromatic rings. The highest BCUT2D eigenvalue weighted by Gasteiger charge is 2.16. The molecule has 17 heavy (non-hydrogen) atoms. The van der Waals surface area contributed by atoms with Crippen LogP contribution in [0.15, 0.2) is 24.3 Å². The molecule has 0 aromatic heterocycles. The third kappa shape index (κ3) is 4.36.